The van der Waals surface area contributed by atoms with Crippen LogP contribution in [0, 0.1) is 23.2 Å². The average Bonchev–Trinajstić information content (AvgIpc) is 3.52. The SMILES string of the molecule is CN1CCN(S(=O)(=O)N2CC3C(C2)C3N2C(=O)C(Cc3cncn3C)(Cc3cncn3C)NC2=CC(=O)c2ccc(C#N)cc2)CC1. The number of nitriles is 1. The molecule has 2 aromatic heterocycles. The molecule has 4 aliphatic rings. The molecule has 3 aromatic rings. The second-order valence-electron chi connectivity index (χ2n) is 13.2. The number of nitrogens with one attached hydrogen (secondary N) is 1. The molecule has 15 heteroatoms. The molecule has 47 heavy (non-hydrogen) atoms. The summed E-state index contributed by atoms with van der Waals surface area (Å²) in [5.74, 6) is -0.203. The Morgan fingerprint density at radius 2 is 1.53 bits per heavy atom. The number of ketones is 1. The van der Waals surface area contributed by atoms with E-state index in [0.29, 0.717) is 69.1 Å². The summed E-state index contributed by atoms with van der Waals surface area (Å²) >= 11 is 0. The molecule has 2 atom stereocenters. The van der Waals surface area contributed by atoms with E-state index >= 15 is 0 Å². The molecule has 0 radical (unpaired) electrons. The van der Waals surface area contributed by atoms with E-state index in [1.807, 2.05) is 30.3 Å². The Morgan fingerprint density at radius 3 is 2.04 bits per heavy atom. The standard InChI is InChI=1S/C32H38N10O4S/c1-37-8-10-40(11-9-37)47(45,46)41-18-26-27(19-41)30(26)42-29(12-28(43)23-6-4-22(15-33)5-7-23)36-32(31(42)44,13-24-16-34-20-38(24)2)14-25-17-35-21-39(25)3/h4-7,12,16-17,20-21,26-27,30,36H,8-11,13-14,18-19H2,1-3H3. The number of rotatable bonds is 9. The monoisotopic (exact) mass is 658 g/mol. The third-order valence-electron chi connectivity index (χ3n) is 10.1. The normalized spacial score (nSPS) is 25.6. The highest BCUT2D eigenvalue weighted by Gasteiger charge is 2.66. The summed E-state index contributed by atoms with van der Waals surface area (Å²) in [7, 11) is 2.13. The number of piperazine rings is 1. The number of likely N-dealkylation sites (N-methyl/N-ethyl adjacent to an activating group) is 1. The minimum atomic E-state index is -3.61. The van der Waals surface area contributed by atoms with Gasteiger partial charge in [-0.15, -0.1) is 0 Å². The first-order valence-corrected chi connectivity index (χ1v) is 17.1. The van der Waals surface area contributed by atoms with Crippen molar-refractivity contribution < 1.29 is 18.0 Å². The molecule has 3 saturated heterocycles. The van der Waals surface area contributed by atoms with Crippen LogP contribution in [0.25, 0.3) is 0 Å². The van der Waals surface area contributed by atoms with Crippen molar-refractivity contribution in [2.75, 3.05) is 46.3 Å². The number of aryl methyl sites for hydroxylation is 2. The highest BCUT2D eigenvalue weighted by atomic mass is 32.2. The Kier molecular flexibility index (Phi) is 7.79. The Balaban J connectivity index is 1.21. The van der Waals surface area contributed by atoms with Crippen LogP contribution < -0.4 is 5.32 Å². The molecular formula is C32H38N10O4S. The summed E-state index contributed by atoms with van der Waals surface area (Å²) < 4.78 is 33.9. The zero-order valence-electron chi connectivity index (χ0n) is 26.7. The number of piperidine rings is 1. The first-order valence-electron chi connectivity index (χ1n) is 15.7. The first-order chi connectivity index (χ1) is 22.5. The van der Waals surface area contributed by atoms with Crippen molar-refractivity contribution in [2.45, 2.75) is 24.4 Å². The van der Waals surface area contributed by atoms with Crippen LogP contribution in [0.15, 0.2) is 61.2 Å². The molecule has 4 fully saturated rings. The summed E-state index contributed by atoms with van der Waals surface area (Å²) in [6.45, 7) is 2.93. The number of fused-ring (bicyclic) bond motifs is 1. The third kappa shape index (κ3) is 5.54. The van der Waals surface area contributed by atoms with E-state index in [2.05, 4.69) is 26.3 Å². The Hall–Kier alpha value is -4.36. The maximum atomic E-state index is 14.9. The van der Waals surface area contributed by atoms with Gasteiger partial charge in [0.25, 0.3) is 16.1 Å². The lowest BCUT2D eigenvalue weighted by Crippen LogP contribution is -2.53. The van der Waals surface area contributed by atoms with Crippen LogP contribution in [-0.4, -0.2) is 116 Å². The van der Waals surface area contributed by atoms with E-state index in [-0.39, 0.29) is 29.6 Å². The van der Waals surface area contributed by atoms with Crippen molar-refractivity contribution in [3.63, 3.8) is 0 Å². The predicted octanol–water partition coefficient (Wildman–Crippen LogP) is 0.128. The van der Waals surface area contributed by atoms with E-state index in [0.717, 1.165) is 11.4 Å². The van der Waals surface area contributed by atoms with E-state index < -0.39 is 15.7 Å². The lowest BCUT2D eigenvalue weighted by atomic mass is 9.88. The zero-order chi connectivity index (χ0) is 33.1. The van der Waals surface area contributed by atoms with Gasteiger partial charge in [0.15, 0.2) is 5.78 Å². The minimum absolute atomic E-state index is 0.0550. The molecular weight excluding hydrogens is 620 g/mol. The largest absolute Gasteiger partial charge is 0.356 e. The van der Waals surface area contributed by atoms with Crippen LogP contribution >= 0.6 is 0 Å². The number of nitrogens with zero attached hydrogens (tertiary/aromatic N) is 9. The number of amides is 1. The lowest BCUT2D eigenvalue weighted by Gasteiger charge is -2.35. The van der Waals surface area contributed by atoms with Gasteiger partial charge in [0.1, 0.15) is 11.4 Å². The van der Waals surface area contributed by atoms with Gasteiger partial charge in [0, 0.05) is 120 Å². The number of benzene rings is 1. The summed E-state index contributed by atoms with van der Waals surface area (Å²) in [6.07, 6.45) is 8.92. The molecule has 2 unspecified atom stereocenters. The zero-order valence-corrected chi connectivity index (χ0v) is 27.5. The fraction of sp³-hybridized carbons (Fsp3) is 0.469. The van der Waals surface area contributed by atoms with E-state index in [1.165, 1.54) is 6.08 Å². The van der Waals surface area contributed by atoms with Gasteiger partial charge < -0.3 is 19.4 Å². The first kappa shape index (κ1) is 31.3. The van der Waals surface area contributed by atoms with Crippen molar-refractivity contribution in [1.82, 2.24) is 42.8 Å². The molecule has 1 aliphatic carbocycles. The summed E-state index contributed by atoms with van der Waals surface area (Å²) in [5.41, 5.74) is 1.36. The average molecular weight is 659 g/mol. The number of carbonyl (C=O) groups excluding carboxylic acids is 2. The van der Waals surface area contributed by atoms with E-state index in [4.69, 9.17) is 0 Å². The maximum Gasteiger partial charge on any atom is 0.282 e. The highest BCUT2D eigenvalue weighted by molar-refractivity contribution is 7.86. The Bertz CT molecular complexity index is 1830. The number of allylic oxidation sites excluding steroid dienone is 1. The van der Waals surface area contributed by atoms with Crippen LogP contribution in [0.1, 0.15) is 27.3 Å². The Labute approximate surface area is 274 Å². The predicted molar refractivity (Wildman–Crippen MR) is 170 cm³/mol. The highest BCUT2D eigenvalue weighted by Crippen LogP contribution is 2.53. The summed E-state index contributed by atoms with van der Waals surface area (Å²) in [4.78, 5) is 40.8. The van der Waals surface area contributed by atoms with Crippen molar-refractivity contribution in [1.29, 1.82) is 5.26 Å². The van der Waals surface area contributed by atoms with Gasteiger partial charge in [-0.3, -0.25) is 14.5 Å². The van der Waals surface area contributed by atoms with Gasteiger partial charge in [0.05, 0.1) is 24.3 Å². The third-order valence-corrected chi connectivity index (χ3v) is 12.1. The van der Waals surface area contributed by atoms with Gasteiger partial charge in [-0.2, -0.15) is 22.3 Å². The van der Waals surface area contributed by atoms with Crippen LogP contribution in [-0.2, 0) is 41.9 Å². The van der Waals surface area contributed by atoms with Gasteiger partial charge >= 0.3 is 0 Å². The summed E-state index contributed by atoms with van der Waals surface area (Å²) in [5, 5.41) is 12.7. The molecule has 14 nitrogen and oxygen atoms in total. The van der Waals surface area contributed by atoms with Gasteiger partial charge in [-0.05, 0) is 31.3 Å². The number of carbonyl (C=O) groups is 2. The number of hydrogen-bond donors (Lipinski definition) is 1. The fourth-order valence-electron chi connectivity index (χ4n) is 7.26. The number of hydrogen-bond acceptors (Lipinski definition) is 9. The topological polar surface area (TPSA) is 153 Å². The van der Waals surface area contributed by atoms with Gasteiger partial charge in [-0.25, -0.2) is 9.97 Å². The van der Waals surface area contributed by atoms with Gasteiger partial charge in [0.2, 0.25) is 0 Å². The molecule has 7 rings (SSSR count). The number of aromatic nitrogens is 4. The molecule has 246 valence electrons. The quantitative estimate of drug-likeness (QED) is 0.250. The van der Waals surface area contributed by atoms with Crippen LogP contribution in [0.3, 0.4) is 0 Å². The second-order valence-corrected chi connectivity index (χ2v) is 15.1. The van der Waals surface area contributed by atoms with Crippen molar-refractivity contribution in [2.24, 2.45) is 25.9 Å². The van der Waals surface area contributed by atoms with Crippen molar-refractivity contribution >= 4 is 21.9 Å². The minimum Gasteiger partial charge on any atom is -0.356 e. The Morgan fingerprint density at radius 1 is 0.957 bits per heavy atom. The molecule has 1 N–H and O–H groups in total. The molecule has 1 amide bonds. The molecule has 0 bridgehead atoms. The lowest BCUT2D eigenvalue weighted by molar-refractivity contribution is -0.132. The molecule has 1 aromatic carbocycles. The van der Waals surface area contributed by atoms with Gasteiger partial charge in [-0.1, -0.05) is 0 Å². The van der Waals surface area contributed by atoms with E-state index in [1.54, 1.807) is 62.8 Å². The van der Waals surface area contributed by atoms with Crippen molar-refractivity contribution in [3.8, 4) is 6.07 Å². The molecule has 3 aliphatic heterocycles. The van der Waals surface area contributed by atoms with Crippen LogP contribution in [0.4, 0.5) is 0 Å². The van der Waals surface area contributed by atoms with Crippen molar-refractivity contribution in [3.05, 3.63) is 83.7 Å². The molecule has 5 heterocycles. The fourth-order valence-corrected chi connectivity index (χ4v) is 8.93. The number of imidazole rings is 2. The van der Waals surface area contributed by atoms with Crippen LogP contribution in [0.5, 0.6) is 0 Å². The van der Waals surface area contributed by atoms with E-state index in [9.17, 15) is 23.3 Å². The molecule has 1 saturated carbocycles. The van der Waals surface area contributed by atoms with Crippen LogP contribution in [0.2, 0.25) is 0 Å². The smallest absolute Gasteiger partial charge is 0.282 e. The maximum absolute atomic E-state index is 14.9. The molecule has 0 spiro atoms. The summed E-state index contributed by atoms with van der Waals surface area (Å²) in [6, 6.07) is 8.19. The second kappa shape index (κ2) is 11.7.